The fourth-order valence-electron chi connectivity index (χ4n) is 4.68. The Balaban J connectivity index is 1.59. The number of hydrogen-bond acceptors (Lipinski definition) is 6. The number of aryl methyl sites for hydroxylation is 1. The normalized spacial score (nSPS) is 16.9. The van der Waals surface area contributed by atoms with Crippen LogP contribution in [0.25, 0.3) is 22.1 Å². The Morgan fingerprint density at radius 2 is 1.91 bits per heavy atom. The summed E-state index contributed by atoms with van der Waals surface area (Å²) >= 11 is 0. The Morgan fingerprint density at radius 1 is 1.17 bits per heavy atom. The molecule has 35 heavy (non-hydrogen) atoms. The van der Waals surface area contributed by atoms with Gasteiger partial charge in [0.15, 0.2) is 5.65 Å². The topological polar surface area (TPSA) is 99.3 Å². The molecule has 0 N–H and O–H groups in total. The first-order valence-electron chi connectivity index (χ1n) is 11.8. The lowest BCUT2D eigenvalue weighted by molar-refractivity contribution is 0.0289. The summed E-state index contributed by atoms with van der Waals surface area (Å²) in [6, 6.07) is 10.1. The number of carbonyl (C=O) groups is 1. The van der Waals surface area contributed by atoms with Crippen molar-refractivity contribution in [1.82, 2.24) is 23.4 Å². The second-order valence-electron chi connectivity index (χ2n) is 9.78. The van der Waals surface area contributed by atoms with Crippen LogP contribution in [0.2, 0.25) is 0 Å². The first-order valence-corrected chi connectivity index (χ1v) is 13.2. The molecule has 0 bridgehead atoms. The Kier molecular flexibility index (Phi) is 5.58. The maximum absolute atomic E-state index is 13.3. The van der Waals surface area contributed by atoms with Crippen molar-refractivity contribution in [1.29, 1.82) is 0 Å². The minimum atomic E-state index is -3.80. The predicted molar refractivity (Wildman–Crippen MR) is 133 cm³/mol. The van der Waals surface area contributed by atoms with Crippen molar-refractivity contribution in [3.05, 3.63) is 54.6 Å². The molecular weight excluding hydrogens is 466 g/mol. The number of likely N-dealkylation sites (tertiary alicyclic amines) is 1. The Hall–Kier alpha value is -3.40. The van der Waals surface area contributed by atoms with Gasteiger partial charge >= 0.3 is 6.09 Å². The van der Waals surface area contributed by atoms with Crippen LogP contribution >= 0.6 is 0 Å². The van der Waals surface area contributed by atoms with Gasteiger partial charge in [-0.25, -0.2) is 27.2 Å². The van der Waals surface area contributed by atoms with Crippen molar-refractivity contribution < 1.29 is 17.9 Å². The largest absolute Gasteiger partial charge is 0.444 e. The lowest BCUT2D eigenvalue weighted by atomic mass is 10.2. The SMILES string of the molecule is CCc1nc2cnc3c(ccn3S(=O)(=O)c3ccccc3)c2n1C1CCN(C(=O)OC(C)(C)C)C1. The van der Waals surface area contributed by atoms with E-state index in [-0.39, 0.29) is 17.0 Å². The van der Waals surface area contributed by atoms with E-state index in [2.05, 4.69) is 9.55 Å². The number of carbonyl (C=O) groups excluding carboxylic acids is 1. The molecule has 1 amide bonds. The van der Waals surface area contributed by atoms with Gasteiger partial charge in [0.25, 0.3) is 10.0 Å². The molecule has 1 atom stereocenters. The zero-order chi connectivity index (χ0) is 25.0. The summed E-state index contributed by atoms with van der Waals surface area (Å²) in [5.74, 6) is 0.879. The molecule has 5 rings (SSSR count). The maximum atomic E-state index is 13.3. The monoisotopic (exact) mass is 495 g/mol. The van der Waals surface area contributed by atoms with Crippen molar-refractivity contribution in [2.24, 2.45) is 0 Å². The van der Waals surface area contributed by atoms with Gasteiger partial charge in [0.05, 0.1) is 22.7 Å². The molecule has 0 spiro atoms. The molecule has 0 radical (unpaired) electrons. The zero-order valence-corrected chi connectivity index (χ0v) is 21.1. The average Bonchev–Trinajstić information content (AvgIpc) is 3.53. The minimum Gasteiger partial charge on any atom is -0.444 e. The first-order chi connectivity index (χ1) is 16.6. The highest BCUT2D eigenvalue weighted by Gasteiger charge is 2.33. The second kappa shape index (κ2) is 8.37. The fraction of sp³-hybridized carbons (Fsp3) is 0.400. The van der Waals surface area contributed by atoms with Crippen LogP contribution in [-0.2, 0) is 21.2 Å². The summed E-state index contributed by atoms with van der Waals surface area (Å²) in [5, 5.41) is 0.713. The number of pyridine rings is 1. The molecule has 1 saturated heterocycles. The molecule has 184 valence electrons. The van der Waals surface area contributed by atoms with Crippen LogP contribution in [0.3, 0.4) is 0 Å². The molecule has 1 fully saturated rings. The average molecular weight is 496 g/mol. The van der Waals surface area contributed by atoms with Gasteiger partial charge < -0.3 is 14.2 Å². The molecule has 1 aliphatic rings. The summed E-state index contributed by atoms with van der Waals surface area (Å²) < 4.78 is 35.6. The van der Waals surface area contributed by atoms with E-state index in [4.69, 9.17) is 9.72 Å². The van der Waals surface area contributed by atoms with Crippen molar-refractivity contribution in [3.63, 3.8) is 0 Å². The number of imidazole rings is 1. The van der Waals surface area contributed by atoms with Crippen LogP contribution < -0.4 is 0 Å². The molecule has 10 heteroatoms. The van der Waals surface area contributed by atoms with Crippen LogP contribution in [0.15, 0.2) is 53.7 Å². The van der Waals surface area contributed by atoms with Crippen LogP contribution in [0.1, 0.15) is 46.0 Å². The smallest absolute Gasteiger partial charge is 0.410 e. The molecule has 0 aliphatic carbocycles. The molecule has 1 unspecified atom stereocenters. The van der Waals surface area contributed by atoms with Gasteiger partial charge in [0.2, 0.25) is 0 Å². The molecule has 1 aliphatic heterocycles. The Bertz CT molecular complexity index is 1520. The van der Waals surface area contributed by atoms with E-state index < -0.39 is 15.6 Å². The van der Waals surface area contributed by atoms with E-state index in [0.29, 0.717) is 36.1 Å². The molecule has 9 nitrogen and oxygen atoms in total. The fourth-order valence-corrected chi connectivity index (χ4v) is 6.01. The predicted octanol–water partition coefficient (Wildman–Crippen LogP) is 4.37. The number of nitrogens with zero attached hydrogens (tertiary/aromatic N) is 5. The summed E-state index contributed by atoms with van der Waals surface area (Å²) in [5.41, 5.74) is 1.34. The quantitative estimate of drug-likeness (QED) is 0.417. The summed E-state index contributed by atoms with van der Waals surface area (Å²) in [6.45, 7) is 8.69. The van der Waals surface area contributed by atoms with Crippen molar-refractivity contribution in [2.45, 2.75) is 57.1 Å². The van der Waals surface area contributed by atoms with E-state index in [1.807, 2.05) is 27.7 Å². The van der Waals surface area contributed by atoms with Gasteiger partial charge in [-0.3, -0.25) is 0 Å². The van der Waals surface area contributed by atoms with Crippen LogP contribution in [0, 0.1) is 0 Å². The van der Waals surface area contributed by atoms with Crippen molar-refractivity contribution in [3.8, 4) is 0 Å². The van der Waals surface area contributed by atoms with E-state index in [9.17, 15) is 13.2 Å². The number of amides is 1. The van der Waals surface area contributed by atoms with Crippen molar-refractivity contribution in [2.75, 3.05) is 13.1 Å². The lowest BCUT2D eigenvalue weighted by Gasteiger charge is -2.24. The number of fused-ring (bicyclic) bond motifs is 3. The molecular formula is C25H29N5O4S. The molecule has 3 aromatic heterocycles. The van der Waals surface area contributed by atoms with E-state index in [1.165, 1.54) is 3.97 Å². The highest BCUT2D eigenvalue weighted by Crippen LogP contribution is 2.34. The number of aromatic nitrogens is 4. The highest BCUT2D eigenvalue weighted by atomic mass is 32.2. The number of rotatable bonds is 4. The third-order valence-corrected chi connectivity index (χ3v) is 7.88. The van der Waals surface area contributed by atoms with E-state index >= 15 is 0 Å². The number of hydrogen-bond donors (Lipinski definition) is 0. The maximum Gasteiger partial charge on any atom is 0.410 e. The third-order valence-electron chi connectivity index (χ3n) is 6.20. The van der Waals surface area contributed by atoms with Gasteiger partial charge in [-0.15, -0.1) is 0 Å². The van der Waals surface area contributed by atoms with Crippen LogP contribution in [0.5, 0.6) is 0 Å². The van der Waals surface area contributed by atoms with Gasteiger partial charge in [-0.1, -0.05) is 25.1 Å². The third kappa shape index (κ3) is 4.05. The molecule has 4 heterocycles. The van der Waals surface area contributed by atoms with Crippen LogP contribution in [0.4, 0.5) is 4.79 Å². The number of ether oxygens (including phenoxy) is 1. The Morgan fingerprint density at radius 3 is 2.60 bits per heavy atom. The van der Waals surface area contributed by atoms with Gasteiger partial charge in [0, 0.05) is 31.1 Å². The van der Waals surface area contributed by atoms with E-state index in [1.54, 1.807) is 53.7 Å². The van der Waals surface area contributed by atoms with E-state index in [0.717, 1.165) is 17.8 Å². The standard InChI is InChI=1S/C25H29N5O4S/c1-5-21-27-20-15-26-23-19(12-14-29(23)35(32,33)18-9-7-6-8-10-18)22(20)30(21)17-11-13-28(16-17)24(31)34-25(2,3)4/h6-10,12,14-15,17H,5,11,13,16H2,1-4H3. The molecule has 0 saturated carbocycles. The number of benzene rings is 1. The van der Waals surface area contributed by atoms with Gasteiger partial charge in [0.1, 0.15) is 16.9 Å². The van der Waals surface area contributed by atoms with Gasteiger partial charge in [-0.2, -0.15) is 0 Å². The summed E-state index contributed by atoms with van der Waals surface area (Å²) in [6.07, 6.45) is 4.30. The highest BCUT2D eigenvalue weighted by molar-refractivity contribution is 7.90. The van der Waals surface area contributed by atoms with Gasteiger partial charge in [-0.05, 0) is 45.4 Å². The lowest BCUT2D eigenvalue weighted by Crippen LogP contribution is -2.35. The zero-order valence-electron chi connectivity index (χ0n) is 20.3. The first kappa shape index (κ1) is 23.3. The summed E-state index contributed by atoms with van der Waals surface area (Å²) in [4.78, 5) is 23.9. The van der Waals surface area contributed by atoms with Crippen molar-refractivity contribution >= 4 is 38.2 Å². The summed E-state index contributed by atoms with van der Waals surface area (Å²) in [7, 11) is -3.80. The van der Waals surface area contributed by atoms with Crippen LogP contribution in [-0.4, -0.2) is 56.6 Å². The minimum absolute atomic E-state index is 0.00199. The second-order valence-corrected chi connectivity index (χ2v) is 11.6. The molecule has 4 aromatic rings. The molecule has 1 aromatic carbocycles. The Labute approximate surface area is 204 Å².